The molecule has 5 heteroatoms. The molecule has 0 aliphatic heterocycles. The fraction of sp³-hybridized carbons (Fsp3) is 0.364. The van der Waals surface area contributed by atoms with Crippen LogP contribution in [0.3, 0.4) is 0 Å². The number of nitrogens with two attached hydrogens (primary N) is 1. The molecular formula is C11H13BrN2S2. The topological polar surface area (TPSA) is 38.9 Å². The van der Waals surface area contributed by atoms with Crippen molar-refractivity contribution in [1.29, 1.82) is 0 Å². The van der Waals surface area contributed by atoms with E-state index in [2.05, 4.69) is 33.9 Å². The first kappa shape index (κ1) is 12.2. The second-order valence-electron chi connectivity index (χ2n) is 3.77. The molecular weight excluding hydrogens is 304 g/mol. The molecule has 0 saturated heterocycles. The Morgan fingerprint density at radius 2 is 2.06 bits per heavy atom. The largest absolute Gasteiger partial charge is 0.323 e. The van der Waals surface area contributed by atoms with E-state index in [0.717, 1.165) is 15.2 Å². The van der Waals surface area contributed by atoms with E-state index in [1.807, 2.05) is 13.8 Å². The minimum absolute atomic E-state index is 0.0655. The second kappa shape index (κ2) is 4.56. The van der Waals surface area contributed by atoms with E-state index in [4.69, 9.17) is 5.73 Å². The number of rotatable bonds is 2. The van der Waals surface area contributed by atoms with Crippen LogP contribution in [0.25, 0.3) is 9.88 Å². The molecule has 0 aromatic carbocycles. The molecule has 16 heavy (non-hydrogen) atoms. The third-order valence-corrected chi connectivity index (χ3v) is 5.98. The third kappa shape index (κ3) is 2.22. The van der Waals surface area contributed by atoms with E-state index in [1.165, 1.54) is 14.6 Å². The molecule has 86 valence electrons. The molecule has 0 amide bonds. The van der Waals surface area contributed by atoms with E-state index < -0.39 is 0 Å². The summed E-state index contributed by atoms with van der Waals surface area (Å²) >= 11 is 6.99. The highest BCUT2D eigenvalue weighted by atomic mass is 79.9. The summed E-state index contributed by atoms with van der Waals surface area (Å²) in [5, 5.41) is 1.07. The van der Waals surface area contributed by atoms with Gasteiger partial charge in [-0.3, -0.25) is 0 Å². The fourth-order valence-electron chi connectivity index (χ4n) is 1.50. The van der Waals surface area contributed by atoms with Crippen LogP contribution in [-0.2, 0) is 0 Å². The number of thiazole rings is 1. The zero-order valence-corrected chi connectivity index (χ0v) is 12.6. The molecule has 0 radical (unpaired) electrons. The smallest absolute Gasteiger partial charge is 0.133 e. The summed E-state index contributed by atoms with van der Waals surface area (Å²) in [6, 6.07) is 2.19. The molecule has 2 heterocycles. The zero-order valence-electron chi connectivity index (χ0n) is 9.37. The zero-order chi connectivity index (χ0) is 11.9. The van der Waals surface area contributed by atoms with Gasteiger partial charge in [0.15, 0.2) is 0 Å². The molecule has 0 spiro atoms. The molecule has 0 bridgehead atoms. The van der Waals surface area contributed by atoms with Crippen molar-refractivity contribution in [2.24, 2.45) is 5.73 Å². The van der Waals surface area contributed by atoms with E-state index >= 15 is 0 Å². The van der Waals surface area contributed by atoms with Gasteiger partial charge in [0.1, 0.15) is 5.01 Å². The molecule has 0 fully saturated rings. The Hall–Kier alpha value is -0.230. The van der Waals surface area contributed by atoms with Gasteiger partial charge < -0.3 is 5.73 Å². The van der Waals surface area contributed by atoms with Gasteiger partial charge in [-0.25, -0.2) is 4.98 Å². The summed E-state index contributed by atoms with van der Waals surface area (Å²) in [6.45, 7) is 6.12. The molecule has 1 atom stereocenters. The monoisotopic (exact) mass is 316 g/mol. The van der Waals surface area contributed by atoms with Gasteiger partial charge in [0.05, 0.1) is 10.6 Å². The van der Waals surface area contributed by atoms with Crippen LogP contribution in [0.1, 0.15) is 28.4 Å². The Labute approximate surface area is 112 Å². The normalized spacial score (nSPS) is 13.1. The van der Waals surface area contributed by atoms with Crippen molar-refractivity contribution in [3.05, 3.63) is 26.0 Å². The lowest BCUT2D eigenvalue weighted by Gasteiger charge is -1.99. The molecule has 1 unspecified atom stereocenters. The van der Waals surface area contributed by atoms with Crippen molar-refractivity contribution in [3.63, 3.8) is 0 Å². The maximum Gasteiger partial charge on any atom is 0.133 e. The van der Waals surface area contributed by atoms with E-state index in [9.17, 15) is 0 Å². The Morgan fingerprint density at radius 1 is 1.38 bits per heavy atom. The molecule has 0 aliphatic carbocycles. The fourth-order valence-corrected chi connectivity index (χ4v) is 4.10. The number of hydrogen-bond acceptors (Lipinski definition) is 4. The highest BCUT2D eigenvalue weighted by Crippen LogP contribution is 2.38. The SMILES string of the molecule is Cc1nc(-c2cc(Br)c(C)s2)sc1C(C)N. The van der Waals surface area contributed by atoms with Gasteiger partial charge in [-0.05, 0) is 42.8 Å². The first-order chi connectivity index (χ1) is 7.49. The summed E-state index contributed by atoms with van der Waals surface area (Å²) < 4.78 is 1.16. The summed E-state index contributed by atoms with van der Waals surface area (Å²) in [5.41, 5.74) is 6.96. The Morgan fingerprint density at radius 3 is 2.50 bits per heavy atom. The van der Waals surface area contributed by atoms with Gasteiger partial charge >= 0.3 is 0 Å². The van der Waals surface area contributed by atoms with Crippen molar-refractivity contribution < 1.29 is 0 Å². The van der Waals surface area contributed by atoms with Crippen molar-refractivity contribution in [3.8, 4) is 9.88 Å². The van der Waals surface area contributed by atoms with Crippen LogP contribution in [0.2, 0.25) is 0 Å². The van der Waals surface area contributed by atoms with Crippen LogP contribution in [0.15, 0.2) is 10.5 Å². The first-order valence-corrected chi connectivity index (χ1v) is 7.41. The quantitative estimate of drug-likeness (QED) is 0.898. The lowest BCUT2D eigenvalue weighted by atomic mass is 10.2. The van der Waals surface area contributed by atoms with E-state index in [0.29, 0.717) is 0 Å². The van der Waals surface area contributed by atoms with Crippen molar-refractivity contribution in [2.45, 2.75) is 26.8 Å². The number of nitrogens with zero attached hydrogens (tertiary/aromatic N) is 1. The standard InChI is InChI=1S/C11H13BrN2S2/c1-5(13)10-6(2)14-11(16-10)9-4-8(12)7(3)15-9/h4-5H,13H2,1-3H3. The molecule has 2 N–H and O–H groups in total. The van der Waals surface area contributed by atoms with Gasteiger partial charge in [-0.15, -0.1) is 22.7 Å². The summed E-state index contributed by atoms with van der Waals surface area (Å²) in [7, 11) is 0. The highest BCUT2D eigenvalue weighted by Gasteiger charge is 2.14. The molecule has 2 rings (SSSR count). The third-order valence-electron chi connectivity index (χ3n) is 2.31. The Kier molecular flexibility index (Phi) is 3.49. The van der Waals surface area contributed by atoms with Crippen LogP contribution in [-0.4, -0.2) is 4.98 Å². The summed E-state index contributed by atoms with van der Waals surface area (Å²) in [5.74, 6) is 0. The predicted molar refractivity (Wildman–Crippen MR) is 75.2 cm³/mol. The number of thiophene rings is 1. The molecule has 0 saturated carbocycles. The number of aryl methyl sites for hydroxylation is 2. The first-order valence-electron chi connectivity index (χ1n) is 4.98. The van der Waals surface area contributed by atoms with Gasteiger partial charge in [-0.2, -0.15) is 0 Å². The highest BCUT2D eigenvalue weighted by molar-refractivity contribution is 9.10. The van der Waals surface area contributed by atoms with Crippen molar-refractivity contribution in [2.75, 3.05) is 0 Å². The minimum atomic E-state index is 0.0655. The molecule has 0 aliphatic rings. The van der Waals surface area contributed by atoms with Crippen LogP contribution in [0.5, 0.6) is 0 Å². The van der Waals surface area contributed by atoms with Crippen LogP contribution in [0, 0.1) is 13.8 Å². The Balaban J connectivity index is 2.45. The van der Waals surface area contributed by atoms with Gasteiger partial charge in [0.25, 0.3) is 0 Å². The lowest BCUT2D eigenvalue weighted by Crippen LogP contribution is -2.03. The summed E-state index contributed by atoms with van der Waals surface area (Å²) in [4.78, 5) is 8.26. The van der Waals surface area contributed by atoms with Crippen molar-refractivity contribution in [1.82, 2.24) is 4.98 Å². The lowest BCUT2D eigenvalue weighted by molar-refractivity contribution is 0.825. The van der Waals surface area contributed by atoms with Gasteiger partial charge in [0.2, 0.25) is 0 Å². The van der Waals surface area contributed by atoms with Crippen LogP contribution >= 0.6 is 38.6 Å². The van der Waals surface area contributed by atoms with E-state index in [1.54, 1.807) is 22.7 Å². The van der Waals surface area contributed by atoms with Crippen LogP contribution in [0.4, 0.5) is 0 Å². The van der Waals surface area contributed by atoms with Gasteiger partial charge in [-0.1, -0.05) is 0 Å². The van der Waals surface area contributed by atoms with E-state index in [-0.39, 0.29) is 6.04 Å². The molecule has 2 aromatic rings. The minimum Gasteiger partial charge on any atom is -0.323 e. The van der Waals surface area contributed by atoms with Crippen molar-refractivity contribution >= 4 is 38.6 Å². The predicted octanol–water partition coefficient (Wildman–Crippen LogP) is 4.27. The number of hydrogen-bond donors (Lipinski definition) is 1. The maximum absolute atomic E-state index is 5.91. The Bertz CT molecular complexity index is 495. The average Bonchev–Trinajstić information content (AvgIpc) is 2.71. The van der Waals surface area contributed by atoms with Gasteiger partial charge in [0, 0.05) is 20.3 Å². The summed E-state index contributed by atoms with van der Waals surface area (Å²) in [6.07, 6.45) is 0. The second-order valence-corrected chi connectivity index (χ2v) is 6.91. The number of halogens is 1. The molecule has 2 nitrogen and oxygen atoms in total. The average molecular weight is 317 g/mol. The maximum atomic E-state index is 5.91. The number of aromatic nitrogens is 1. The van der Waals surface area contributed by atoms with Crippen LogP contribution < -0.4 is 5.73 Å². The molecule has 2 aromatic heterocycles.